The van der Waals surface area contributed by atoms with E-state index in [0.29, 0.717) is 5.69 Å². The van der Waals surface area contributed by atoms with Crippen molar-refractivity contribution in [1.29, 1.82) is 0 Å². The van der Waals surface area contributed by atoms with Crippen molar-refractivity contribution in [3.05, 3.63) is 58.2 Å². The average Bonchev–Trinajstić information content (AvgIpc) is 2.82. The molecule has 0 aliphatic heterocycles. The standard InChI is InChI=1S/C12H11N5O3.H2O/c1-16-8-10(17(19)20)6-11(16)12(18)15-14-7-9-4-2-3-5-13-9;/h2-8H,1H3,(H,15,18);1H2/b14-7+;. The molecule has 0 bridgehead atoms. The molecule has 0 fully saturated rings. The summed E-state index contributed by atoms with van der Waals surface area (Å²) in [6, 6.07) is 6.46. The molecule has 0 atom stereocenters. The largest absolute Gasteiger partial charge is 0.412 e. The number of aryl methyl sites for hydroxylation is 1. The molecular weight excluding hydrogens is 278 g/mol. The third-order valence-corrected chi connectivity index (χ3v) is 2.48. The third kappa shape index (κ3) is 3.94. The highest BCUT2D eigenvalue weighted by Gasteiger charge is 2.16. The van der Waals surface area contributed by atoms with Crippen molar-refractivity contribution in [2.75, 3.05) is 0 Å². The first-order chi connectivity index (χ1) is 9.58. The van der Waals surface area contributed by atoms with E-state index in [1.807, 2.05) is 0 Å². The van der Waals surface area contributed by atoms with Crippen molar-refractivity contribution in [3.8, 4) is 0 Å². The van der Waals surface area contributed by atoms with Crippen molar-refractivity contribution >= 4 is 17.8 Å². The molecule has 2 aromatic rings. The van der Waals surface area contributed by atoms with Crippen LogP contribution in [-0.2, 0) is 7.05 Å². The van der Waals surface area contributed by atoms with E-state index in [1.165, 1.54) is 23.0 Å². The molecule has 0 saturated carbocycles. The van der Waals surface area contributed by atoms with Crippen molar-refractivity contribution in [3.63, 3.8) is 0 Å². The Balaban J connectivity index is 0.00000220. The molecular formula is C12H13N5O4. The molecule has 0 aliphatic rings. The molecule has 0 spiro atoms. The second kappa shape index (κ2) is 6.91. The summed E-state index contributed by atoms with van der Waals surface area (Å²) in [4.78, 5) is 25.9. The van der Waals surface area contributed by atoms with Crippen LogP contribution in [0.4, 0.5) is 5.69 Å². The Bertz CT molecular complexity index is 666. The summed E-state index contributed by atoms with van der Waals surface area (Å²) in [7, 11) is 1.55. The first kappa shape index (κ1) is 16.0. The molecule has 2 aromatic heterocycles. The lowest BCUT2D eigenvalue weighted by Gasteiger charge is -1.99. The number of nitrogens with zero attached hydrogens (tertiary/aromatic N) is 4. The third-order valence-electron chi connectivity index (χ3n) is 2.48. The smallest absolute Gasteiger partial charge is 0.288 e. The maximum atomic E-state index is 11.8. The van der Waals surface area contributed by atoms with E-state index in [2.05, 4.69) is 15.5 Å². The maximum Gasteiger partial charge on any atom is 0.288 e. The molecule has 0 unspecified atom stereocenters. The number of carbonyl (C=O) groups is 1. The number of carbonyl (C=O) groups excluding carboxylic acids is 1. The van der Waals surface area contributed by atoms with Gasteiger partial charge in [0.2, 0.25) is 0 Å². The highest BCUT2D eigenvalue weighted by molar-refractivity contribution is 5.94. The summed E-state index contributed by atoms with van der Waals surface area (Å²) in [6.45, 7) is 0. The summed E-state index contributed by atoms with van der Waals surface area (Å²) in [5.41, 5.74) is 2.88. The van der Waals surface area contributed by atoms with E-state index in [4.69, 9.17) is 0 Å². The quantitative estimate of drug-likeness (QED) is 0.491. The Morgan fingerprint density at radius 3 is 2.86 bits per heavy atom. The minimum atomic E-state index is -0.562. The number of rotatable bonds is 4. The SMILES string of the molecule is Cn1cc([N+](=O)[O-])cc1C(=O)N/N=C/c1ccccn1.O. The molecule has 3 N–H and O–H groups in total. The van der Waals surface area contributed by atoms with E-state index in [9.17, 15) is 14.9 Å². The molecule has 0 radical (unpaired) electrons. The lowest BCUT2D eigenvalue weighted by atomic mass is 10.4. The van der Waals surface area contributed by atoms with Crippen LogP contribution in [0.1, 0.15) is 16.2 Å². The summed E-state index contributed by atoms with van der Waals surface area (Å²) < 4.78 is 1.36. The summed E-state index contributed by atoms with van der Waals surface area (Å²) in [5.74, 6) is -0.534. The van der Waals surface area contributed by atoms with Gasteiger partial charge in [-0.2, -0.15) is 5.10 Å². The van der Waals surface area contributed by atoms with E-state index >= 15 is 0 Å². The van der Waals surface area contributed by atoms with Crippen LogP contribution >= 0.6 is 0 Å². The number of nitrogens with one attached hydrogen (secondary N) is 1. The minimum absolute atomic E-state index is 0. The lowest BCUT2D eigenvalue weighted by Crippen LogP contribution is -2.20. The molecule has 21 heavy (non-hydrogen) atoms. The Labute approximate surface area is 119 Å². The second-order valence-corrected chi connectivity index (χ2v) is 3.91. The van der Waals surface area contributed by atoms with Gasteiger partial charge in [0.1, 0.15) is 5.69 Å². The van der Waals surface area contributed by atoms with Gasteiger partial charge in [0.25, 0.3) is 11.6 Å². The van der Waals surface area contributed by atoms with Crippen LogP contribution in [0.2, 0.25) is 0 Å². The van der Waals surface area contributed by atoms with Gasteiger partial charge in [0, 0.05) is 19.3 Å². The summed E-state index contributed by atoms with van der Waals surface area (Å²) >= 11 is 0. The average molecular weight is 291 g/mol. The fourth-order valence-corrected chi connectivity index (χ4v) is 1.54. The highest BCUT2D eigenvalue weighted by atomic mass is 16.6. The number of hydrazone groups is 1. The zero-order valence-corrected chi connectivity index (χ0v) is 11.1. The number of hydrogen-bond donors (Lipinski definition) is 1. The zero-order valence-electron chi connectivity index (χ0n) is 11.1. The van der Waals surface area contributed by atoms with Crippen LogP contribution in [0, 0.1) is 10.1 Å². The summed E-state index contributed by atoms with van der Waals surface area (Å²) in [5, 5.41) is 14.4. The topological polar surface area (TPSA) is 134 Å². The molecule has 0 aromatic carbocycles. The zero-order chi connectivity index (χ0) is 14.5. The van der Waals surface area contributed by atoms with E-state index < -0.39 is 10.8 Å². The molecule has 2 heterocycles. The van der Waals surface area contributed by atoms with Crippen LogP contribution in [0.25, 0.3) is 0 Å². The second-order valence-electron chi connectivity index (χ2n) is 3.91. The number of aromatic nitrogens is 2. The van der Waals surface area contributed by atoms with Crippen molar-refractivity contribution < 1.29 is 15.2 Å². The predicted octanol–water partition coefficient (Wildman–Crippen LogP) is 0.267. The van der Waals surface area contributed by atoms with Crippen LogP contribution < -0.4 is 5.43 Å². The monoisotopic (exact) mass is 291 g/mol. The van der Waals surface area contributed by atoms with Gasteiger partial charge in [0.15, 0.2) is 0 Å². The van der Waals surface area contributed by atoms with Crippen molar-refractivity contribution in [2.45, 2.75) is 0 Å². The number of hydrogen-bond acceptors (Lipinski definition) is 5. The number of amides is 1. The van der Waals surface area contributed by atoms with Gasteiger partial charge in [-0.15, -0.1) is 0 Å². The molecule has 2 rings (SSSR count). The Kier molecular flexibility index (Phi) is 5.26. The molecule has 1 amide bonds. The van der Waals surface area contributed by atoms with Crippen LogP contribution in [-0.4, -0.2) is 32.1 Å². The van der Waals surface area contributed by atoms with Crippen molar-refractivity contribution in [1.82, 2.24) is 15.0 Å². The van der Waals surface area contributed by atoms with E-state index in [-0.39, 0.29) is 16.9 Å². The Morgan fingerprint density at radius 1 is 1.52 bits per heavy atom. The van der Waals surface area contributed by atoms with Gasteiger partial charge in [-0.1, -0.05) is 6.07 Å². The van der Waals surface area contributed by atoms with Crippen LogP contribution in [0.5, 0.6) is 0 Å². The van der Waals surface area contributed by atoms with Gasteiger partial charge in [-0.3, -0.25) is 19.9 Å². The Hall–Kier alpha value is -3.07. The van der Waals surface area contributed by atoms with E-state index in [1.54, 1.807) is 31.4 Å². The molecule has 9 heteroatoms. The fourth-order valence-electron chi connectivity index (χ4n) is 1.54. The molecule has 110 valence electrons. The first-order valence-corrected chi connectivity index (χ1v) is 5.63. The van der Waals surface area contributed by atoms with Gasteiger partial charge >= 0.3 is 0 Å². The van der Waals surface area contributed by atoms with E-state index in [0.717, 1.165) is 0 Å². The highest BCUT2D eigenvalue weighted by Crippen LogP contribution is 2.14. The van der Waals surface area contributed by atoms with Crippen LogP contribution in [0.15, 0.2) is 41.8 Å². The summed E-state index contributed by atoms with van der Waals surface area (Å²) in [6.07, 6.45) is 4.25. The fraction of sp³-hybridized carbons (Fsp3) is 0.0833. The Morgan fingerprint density at radius 2 is 2.29 bits per heavy atom. The van der Waals surface area contributed by atoms with Gasteiger partial charge in [0.05, 0.1) is 23.0 Å². The minimum Gasteiger partial charge on any atom is -0.412 e. The van der Waals surface area contributed by atoms with Crippen LogP contribution in [0.3, 0.4) is 0 Å². The lowest BCUT2D eigenvalue weighted by molar-refractivity contribution is -0.384. The molecule has 0 saturated heterocycles. The van der Waals surface area contributed by atoms with Gasteiger partial charge < -0.3 is 10.0 Å². The van der Waals surface area contributed by atoms with Crippen molar-refractivity contribution in [2.24, 2.45) is 12.1 Å². The van der Waals surface area contributed by atoms with Gasteiger partial charge in [-0.25, -0.2) is 5.43 Å². The maximum absolute atomic E-state index is 11.8. The van der Waals surface area contributed by atoms with Gasteiger partial charge in [-0.05, 0) is 12.1 Å². The predicted molar refractivity (Wildman–Crippen MR) is 75.0 cm³/mol. The molecule has 0 aliphatic carbocycles. The first-order valence-electron chi connectivity index (χ1n) is 5.63. The number of nitro groups is 1. The molecule has 9 nitrogen and oxygen atoms in total. The number of pyridine rings is 1. The normalized spacial score (nSPS) is 10.1.